The first-order valence-electron chi connectivity index (χ1n) is 10.0. The second-order valence-electron chi connectivity index (χ2n) is 7.63. The molecule has 1 aromatic carbocycles. The molecule has 0 bridgehead atoms. The zero-order chi connectivity index (χ0) is 18.4. The van der Waals surface area contributed by atoms with Crippen LogP contribution in [0.5, 0.6) is 5.75 Å². The van der Waals surface area contributed by atoms with E-state index in [0.717, 1.165) is 6.42 Å². The first-order valence-corrected chi connectivity index (χ1v) is 10.0. The average Bonchev–Trinajstić information content (AvgIpc) is 3.10. The summed E-state index contributed by atoms with van der Waals surface area (Å²) in [6, 6.07) is 6.12. The standard InChI is InChI=1S/C21H30N2O3/c24-19-13-7-6-11-17(19)21(26)23-14-8-12-18(23)20(25)22-15-16-9-4-2-1-3-5-10-16/h6-7,11,13,16,18,24H,1-5,8-10,12,14-15H2,(H,22,25). The molecule has 3 rings (SSSR count). The van der Waals surface area contributed by atoms with Crippen LogP contribution >= 0.6 is 0 Å². The molecule has 2 amide bonds. The van der Waals surface area contributed by atoms with E-state index in [1.54, 1.807) is 23.1 Å². The number of para-hydroxylation sites is 1. The molecule has 1 aliphatic carbocycles. The molecule has 1 heterocycles. The number of rotatable bonds is 4. The third kappa shape index (κ3) is 4.57. The van der Waals surface area contributed by atoms with Crippen LogP contribution in [0.15, 0.2) is 24.3 Å². The molecule has 26 heavy (non-hydrogen) atoms. The Bertz CT molecular complexity index is 623. The number of nitrogens with zero attached hydrogens (tertiary/aromatic N) is 1. The van der Waals surface area contributed by atoms with Crippen molar-refractivity contribution in [3.05, 3.63) is 29.8 Å². The number of benzene rings is 1. The van der Waals surface area contributed by atoms with Crippen LogP contribution in [0.4, 0.5) is 0 Å². The maximum Gasteiger partial charge on any atom is 0.258 e. The topological polar surface area (TPSA) is 69.6 Å². The van der Waals surface area contributed by atoms with Crippen molar-refractivity contribution in [1.29, 1.82) is 0 Å². The Balaban J connectivity index is 1.57. The largest absolute Gasteiger partial charge is 0.507 e. The van der Waals surface area contributed by atoms with Crippen molar-refractivity contribution >= 4 is 11.8 Å². The number of aromatic hydroxyl groups is 1. The van der Waals surface area contributed by atoms with E-state index in [2.05, 4.69) is 5.32 Å². The third-order valence-corrected chi connectivity index (χ3v) is 5.74. The van der Waals surface area contributed by atoms with E-state index in [1.807, 2.05) is 0 Å². The first-order chi connectivity index (χ1) is 12.7. The Morgan fingerprint density at radius 3 is 2.42 bits per heavy atom. The lowest BCUT2D eigenvalue weighted by atomic mass is 9.91. The van der Waals surface area contributed by atoms with Crippen LogP contribution in [0, 0.1) is 5.92 Å². The van der Waals surface area contributed by atoms with Crippen LogP contribution < -0.4 is 5.32 Å². The van der Waals surface area contributed by atoms with E-state index < -0.39 is 6.04 Å². The number of likely N-dealkylation sites (tertiary alicyclic amines) is 1. The molecule has 1 atom stereocenters. The maximum absolute atomic E-state index is 12.8. The maximum atomic E-state index is 12.8. The Morgan fingerprint density at radius 1 is 1.00 bits per heavy atom. The van der Waals surface area contributed by atoms with Gasteiger partial charge in [0.05, 0.1) is 5.56 Å². The summed E-state index contributed by atoms with van der Waals surface area (Å²) in [7, 11) is 0. The molecule has 1 saturated heterocycles. The van der Waals surface area contributed by atoms with E-state index in [4.69, 9.17) is 0 Å². The highest BCUT2D eigenvalue weighted by Crippen LogP contribution is 2.25. The molecule has 5 heteroatoms. The molecule has 2 N–H and O–H groups in total. The average molecular weight is 358 g/mol. The normalized spacial score (nSPS) is 21.8. The molecule has 2 aliphatic rings. The Hall–Kier alpha value is -2.04. The van der Waals surface area contributed by atoms with Gasteiger partial charge in [-0.3, -0.25) is 9.59 Å². The van der Waals surface area contributed by atoms with Crippen molar-refractivity contribution in [3.8, 4) is 5.75 Å². The van der Waals surface area contributed by atoms with Gasteiger partial charge in [-0.25, -0.2) is 0 Å². The van der Waals surface area contributed by atoms with Crippen molar-refractivity contribution in [2.24, 2.45) is 5.92 Å². The predicted molar refractivity (Wildman–Crippen MR) is 101 cm³/mol. The summed E-state index contributed by atoms with van der Waals surface area (Å²) in [5.74, 6) is 0.223. The summed E-state index contributed by atoms with van der Waals surface area (Å²) in [6.45, 7) is 1.28. The van der Waals surface area contributed by atoms with Crippen LogP contribution in [-0.2, 0) is 4.79 Å². The number of phenolic OH excluding ortho intramolecular Hbond substituents is 1. The molecular weight excluding hydrogens is 328 g/mol. The number of hydrogen-bond donors (Lipinski definition) is 2. The van der Waals surface area contributed by atoms with E-state index >= 15 is 0 Å². The number of nitrogens with one attached hydrogen (secondary N) is 1. The van der Waals surface area contributed by atoms with Crippen molar-refractivity contribution in [2.75, 3.05) is 13.1 Å². The Kier molecular flexibility index (Phi) is 6.53. The third-order valence-electron chi connectivity index (χ3n) is 5.74. The number of hydrogen-bond acceptors (Lipinski definition) is 3. The second-order valence-corrected chi connectivity index (χ2v) is 7.63. The number of phenols is 1. The van der Waals surface area contributed by atoms with Gasteiger partial charge in [-0.15, -0.1) is 0 Å². The van der Waals surface area contributed by atoms with E-state index in [1.165, 1.54) is 51.0 Å². The van der Waals surface area contributed by atoms with E-state index in [-0.39, 0.29) is 23.1 Å². The smallest absolute Gasteiger partial charge is 0.258 e. The lowest BCUT2D eigenvalue weighted by Gasteiger charge is -2.26. The van der Waals surface area contributed by atoms with Gasteiger partial charge in [0.1, 0.15) is 11.8 Å². The number of carbonyl (C=O) groups excluding carboxylic acids is 2. The molecule has 1 saturated carbocycles. The fraction of sp³-hybridized carbons (Fsp3) is 0.619. The van der Waals surface area contributed by atoms with Gasteiger partial charge < -0.3 is 15.3 Å². The zero-order valence-electron chi connectivity index (χ0n) is 15.5. The molecule has 0 aromatic heterocycles. The number of amides is 2. The van der Waals surface area contributed by atoms with Gasteiger partial charge >= 0.3 is 0 Å². The van der Waals surface area contributed by atoms with Gasteiger partial charge in [0.2, 0.25) is 5.91 Å². The van der Waals surface area contributed by atoms with Crippen LogP contribution in [-0.4, -0.2) is 41.0 Å². The molecule has 5 nitrogen and oxygen atoms in total. The molecule has 142 valence electrons. The highest BCUT2D eigenvalue weighted by atomic mass is 16.3. The summed E-state index contributed by atoms with van der Waals surface area (Å²) in [5, 5.41) is 13.0. The van der Waals surface area contributed by atoms with Crippen LogP contribution in [0.1, 0.15) is 68.1 Å². The van der Waals surface area contributed by atoms with Crippen LogP contribution in [0.3, 0.4) is 0 Å². The van der Waals surface area contributed by atoms with Crippen LogP contribution in [0.25, 0.3) is 0 Å². The fourth-order valence-corrected chi connectivity index (χ4v) is 4.20. The van der Waals surface area contributed by atoms with Crippen molar-refractivity contribution in [1.82, 2.24) is 10.2 Å². The Morgan fingerprint density at radius 2 is 1.69 bits per heavy atom. The van der Waals surface area contributed by atoms with Gasteiger partial charge in [-0.1, -0.05) is 44.2 Å². The predicted octanol–water partition coefficient (Wildman–Crippen LogP) is 3.47. The molecule has 0 radical (unpaired) electrons. The van der Waals surface area contributed by atoms with Crippen molar-refractivity contribution < 1.29 is 14.7 Å². The highest BCUT2D eigenvalue weighted by Gasteiger charge is 2.35. The minimum atomic E-state index is -0.421. The number of carbonyl (C=O) groups is 2. The van der Waals surface area contributed by atoms with Gasteiger partial charge in [0.25, 0.3) is 5.91 Å². The highest BCUT2D eigenvalue weighted by molar-refractivity contribution is 5.99. The lowest BCUT2D eigenvalue weighted by Crippen LogP contribution is -2.47. The molecule has 1 unspecified atom stereocenters. The fourth-order valence-electron chi connectivity index (χ4n) is 4.20. The Labute approximate surface area is 155 Å². The summed E-state index contributed by atoms with van der Waals surface area (Å²) >= 11 is 0. The lowest BCUT2D eigenvalue weighted by molar-refractivity contribution is -0.125. The molecule has 0 spiro atoms. The van der Waals surface area contributed by atoms with Gasteiger partial charge in [-0.2, -0.15) is 0 Å². The molecular formula is C21H30N2O3. The summed E-state index contributed by atoms with van der Waals surface area (Å²) in [6.07, 6.45) is 10.3. The van der Waals surface area contributed by atoms with Crippen molar-refractivity contribution in [3.63, 3.8) is 0 Å². The van der Waals surface area contributed by atoms with Gasteiger partial charge in [0, 0.05) is 13.1 Å². The zero-order valence-corrected chi connectivity index (χ0v) is 15.5. The second kappa shape index (κ2) is 9.06. The quantitative estimate of drug-likeness (QED) is 0.866. The van der Waals surface area contributed by atoms with Crippen molar-refractivity contribution in [2.45, 2.75) is 63.8 Å². The molecule has 1 aliphatic heterocycles. The van der Waals surface area contributed by atoms with Crippen LogP contribution in [0.2, 0.25) is 0 Å². The minimum Gasteiger partial charge on any atom is -0.507 e. The summed E-state index contributed by atoms with van der Waals surface area (Å²) < 4.78 is 0. The molecule has 1 aromatic rings. The SMILES string of the molecule is O=C(NCC1CCCCCCC1)C1CCCN1C(=O)c1ccccc1O. The van der Waals surface area contributed by atoms with E-state index in [9.17, 15) is 14.7 Å². The first kappa shape index (κ1) is 18.7. The minimum absolute atomic E-state index is 0.0296. The summed E-state index contributed by atoms with van der Waals surface area (Å²) in [5.41, 5.74) is 0.271. The summed E-state index contributed by atoms with van der Waals surface area (Å²) in [4.78, 5) is 27.1. The van der Waals surface area contributed by atoms with E-state index in [0.29, 0.717) is 25.4 Å². The van der Waals surface area contributed by atoms with Gasteiger partial charge in [-0.05, 0) is 43.7 Å². The van der Waals surface area contributed by atoms with Gasteiger partial charge in [0.15, 0.2) is 0 Å². The monoisotopic (exact) mass is 358 g/mol. The molecule has 2 fully saturated rings.